The second kappa shape index (κ2) is 11.4. The number of aromatic nitrogens is 3. The third-order valence-corrected chi connectivity index (χ3v) is 7.45. The Labute approximate surface area is 218 Å². The van der Waals surface area contributed by atoms with Crippen LogP contribution in [0.2, 0.25) is 5.15 Å². The first-order chi connectivity index (χ1) is 17.6. The molecule has 12 nitrogen and oxygen atoms in total. The Morgan fingerprint density at radius 3 is 2.62 bits per heavy atom. The van der Waals surface area contributed by atoms with E-state index in [0.717, 1.165) is 0 Å². The molecule has 37 heavy (non-hydrogen) atoms. The van der Waals surface area contributed by atoms with Gasteiger partial charge in [-0.25, -0.2) is 14.5 Å². The van der Waals surface area contributed by atoms with Crippen molar-refractivity contribution in [2.45, 2.75) is 57.5 Å². The number of hydrogen-bond donors (Lipinski definition) is 3. The number of benzene rings is 1. The minimum absolute atomic E-state index is 0.226. The van der Waals surface area contributed by atoms with Crippen LogP contribution in [0.5, 0.6) is 5.75 Å². The number of esters is 1. The molecule has 0 spiro atoms. The van der Waals surface area contributed by atoms with Gasteiger partial charge in [0.05, 0.1) is 18.1 Å². The summed E-state index contributed by atoms with van der Waals surface area (Å²) in [7, 11) is -4.19. The summed E-state index contributed by atoms with van der Waals surface area (Å²) in [6, 6.07) is 8.87. The molecular weight excluding hydrogens is 527 g/mol. The summed E-state index contributed by atoms with van der Waals surface area (Å²) < 4.78 is 37.4. The van der Waals surface area contributed by atoms with E-state index >= 15 is 0 Å². The van der Waals surface area contributed by atoms with Crippen LogP contribution in [0.15, 0.2) is 48.9 Å². The highest BCUT2D eigenvalue weighted by atomic mass is 35.5. The minimum atomic E-state index is -4.19. The first-order valence-corrected chi connectivity index (χ1v) is 13.5. The van der Waals surface area contributed by atoms with Gasteiger partial charge >= 0.3 is 13.7 Å². The molecule has 1 fully saturated rings. The van der Waals surface area contributed by atoms with Gasteiger partial charge in [0.15, 0.2) is 6.23 Å². The molecule has 1 saturated heterocycles. The average molecular weight is 555 g/mol. The highest BCUT2D eigenvalue weighted by molar-refractivity contribution is 7.52. The number of halogens is 1. The number of para-hydroxylation sites is 1. The molecule has 0 aliphatic carbocycles. The number of nitrogens with zero attached hydrogens (tertiary/aromatic N) is 3. The maximum Gasteiger partial charge on any atom is 0.459 e. The topological polar surface area (TPSA) is 154 Å². The highest BCUT2D eigenvalue weighted by Crippen LogP contribution is 2.46. The van der Waals surface area contributed by atoms with Crippen LogP contribution in [0.3, 0.4) is 0 Å². The highest BCUT2D eigenvalue weighted by Gasteiger charge is 2.46. The molecule has 200 valence electrons. The summed E-state index contributed by atoms with van der Waals surface area (Å²) in [6.07, 6.45) is -2.39. The molecular formula is C23H28ClN4O8P. The second-order valence-electron chi connectivity index (χ2n) is 8.71. The zero-order valence-electron chi connectivity index (χ0n) is 20.3. The molecule has 3 N–H and O–H groups in total. The van der Waals surface area contributed by atoms with Crippen molar-refractivity contribution in [2.75, 3.05) is 6.61 Å². The van der Waals surface area contributed by atoms with Gasteiger partial charge in [0.25, 0.3) is 0 Å². The van der Waals surface area contributed by atoms with Gasteiger partial charge in [-0.3, -0.25) is 9.32 Å². The van der Waals surface area contributed by atoms with Gasteiger partial charge in [0, 0.05) is 6.20 Å². The maximum absolute atomic E-state index is 13.7. The number of rotatable bonds is 10. The zero-order chi connectivity index (χ0) is 26.7. The van der Waals surface area contributed by atoms with Crippen LogP contribution in [0.4, 0.5) is 0 Å². The predicted octanol–water partition coefficient (Wildman–Crippen LogP) is 2.84. The predicted molar refractivity (Wildman–Crippen MR) is 133 cm³/mol. The van der Waals surface area contributed by atoms with E-state index in [1.54, 1.807) is 56.4 Å². The van der Waals surface area contributed by atoms with Crippen molar-refractivity contribution >= 4 is 36.4 Å². The Bertz CT molecular complexity index is 1280. The summed E-state index contributed by atoms with van der Waals surface area (Å²) in [4.78, 5) is 20.4. The molecule has 2 aromatic heterocycles. The summed E-state index contributed by atoms with van der Waals surface area (Å²) in [5.74, 6) is -0.424. The van der Waals surface area contributed by atoms with Crippen LogP contribution < -0.4 is 9.61 Å². The number of carbonyl (C=O) groups excluding carboxylic acids is 1. The van der Waals surface area contributed by atoms with E-state index in [9.17, 15) is 19.6 Å². The smallest absolute Gasteiger partial charge is 0.459 e. The van der Waals surface area contributed by atoms with Gasteiger partial charge in [-0.15, -0.1) is 0 Å². The summed E-state index contributed by atoms with van der Waals surface area (Å²) in [5.41, 5.74) is 0.398. The number of aliphatic hydroxyl groups is 2. The van der Waals surface area contributed by atoms with Crippen LogP contribution in [0, 0.1) is 0 Å². The molecule has 1 aliphatic heterocycles. The summed E-state index contributed by atoms with van der Waals surface area (Å²) in [6.45, 7) is 4.40. The van der Waals surface area contributed by atoms with Gasteiger partial charge in [-0.1, -0.05) is 29.8 Å². The van der Waals surface area contributed by atoms with E-state index in [0.29, 0.717) is 11.0 Å². The molecule has 0 bridgehead atoms. The zero-order valence-corrected chi connectivity index (χ0v) is 22.0. The van der Waals surface area contributed by atoms with E-state index in [2.05, 4.69) is 15.1 Å². The fraction of sp³-hybridized carbons (Fsp3) is 0.435. The van der Waals surface area contributed by atoms with E-state index in [1.165, 1.54) is 17.8 Å². The Hall–Kier alpha value is -2.57. The van der Waals surface area contributed by atoms with Crippen LogP contribution >= 0.6 is 19.3 Å². The van der Waals surface area contributed by atoms with Gasteiger partial charge in [-0.2, -0.15) is 5.09 Å². The fourth-order valence-corrected chi connectivity index (χ4v) is 5.44. The number of carbonyl (C=O) groups is 1. The van der Waals surface area contributed by atoms with Crippen molar-refractivity contribution in [1.82, 2.24) is 19.6 Å². The number of nitrogens with one attached hydrogen (secondary N) is 1. The van der Waals surface area contributed by atoms with Crippen molar-refractivity contribution in [3.8, 4) is 5.75 Å². The van der Waals surface area contributed by atoms with Crippen molar-refractivity contribution in [1.29, 1.82) is 0 Å². The minimum Gasteiger partial charge on any atom is -0.462 e. The monoisotopic (exact) mass is 554 g/mol. The summed E-state index contributed by atoms with van der Waals surface area (Å²) in [5, 5.41) is 24.7. The quantitative estimate of drug-likeness (QED) is 0.192. The van der Waals surface area contributed by atoms with Gasteiger partial charge < -0.3 is 28.8 Å². The molecule has 0 saturated carbocycles. The lowest BCUT2D eigenvalue weighted by atomic mass is 10.1. The molecule has 14 heteroatoms. The van der Waals surface area contributed by atoms with Crippen LogP contribution in [-0.4, -0.2) is 67.8 Å². The number of aliphatic hydroxyl groups excluding tert-OH is 2. The third kappa shape index (κ3) is 6.29. The van der Waals surface area contributed by atoms with E-state index in [1.807, 2.05) is 0 Å². The number of hydrogen-bond acceptors (Lipinski definition) is 10. The maximum atomic E-state index is 13.7. The largest absolute Gasteiger partial charge is 0.462 e. The Balaban J connectivity index is 1.50. The van der Waals surface area contributed by atoms with Crippen molar-refractivity contribution in [3.05, 3.63) is 54.1 Å². The summed E-state index contributed by atoms with van der Waals surface area (Å²) >= 11 is 6.11. The molecule has 4 rings (SSSR count). The number of ether oxygens (including phenoxy) is 2. The van der Waals surface area contributed by atoms with Crippen LogP contribution in [-0.2, 0) is 23.4 Å². The lowest BCUT2D eigenvalue weighted by Gasteiger charge is -2.25. The Morgan fingerprint density at radius 1 is 1.19 bits per heavy atom. The molecule has 0 radical (unpaired) electrons. The second-order valence-corrected chi connectivity index (χ2v) is 10.8. The Morgan fingerprint density at radius 2 is 1.92 bits per heavy atom. The lowest BCUT2D eigenvalue weighted by molar-refractivity contribution is -0.149. The average Bonchev–Trinajstić information content (AvgIpc) is 3.40. The Kier molecular flexibility index (Phi) is 8.49. The molecule has 6 atom stereocenters. The van der Waals surface area contributed by atoms with Crippen molar-refractivity contribution in [2.24, 2.45) is 0 Å². The van der Waals surface area contributed by atoms with Crippen LogP contribution in [0.1, 0.15) is 27.0 Å². The number of fused-ring (bicyclic) bond motifs is 1. The van der Waals surface area contributed by atoms with E-state index in [4.69, 9.17) is 30.1 Å². The van der Waals surface area contributed by atoms with E-state index in [-0.39, 0.29) is 17.0 Å². The third-order valence-electron chi connectivity index (χ3n) is 5.51. The lowest BCUT2D eigenvalue weighted by Crippen LogP contribution is -2.38. The molecule has 3 aromatic rings. The molecule has 1 aromatic carbocycles. The molecule has 3 heterocycles. The molecule has 1 aliphatic rings. The van der Waals surface area contributed by atoms with Gasteiger partial charge in [-0.05, 0) is 39.0 Å². The van der Waals surface area contributed by atoms with Crippen LogP contribution in [0.25, 0.3) is 11.0 Å². The molecule has 1 unspecified atom stereocenters. The first-order valence-electron chi connectivity index (χ1n) is 11.5. The first kappa shape index (κ1) is 27.5. The van der Waals surface area contributed by atoms with E-state index < -0.39 is 50.9 Å². The van der Waals surface area contributed by atoms with Gasteiger partial charge in [0.2, 0.25) is 0 Å². The van der Waals surface area contributed by atoms with Crippen molar-refractivity contribution in [3.63, 3.8) is 0 Å². The molecule has 0 amide bonds. The normalized spacial score (nSPS) is 24.2. The fourth-order valence-electron chi connectivity index (χ4n) is 3.75. The van der Waals surface area contributed by atoms with Crippen molar-refractivity contribution < 1.29 is 38.1 Å². The standard InChI is InChI=1S/C23H28ClN4O8P/c1-13(2)34-23(31)14(3)27-37(32,36-15-7-5-4-6-8-15)33-11-17-18(29)19(30)22(35-17)28-10-9-16-20(24)25-12-26-21(16)28/h4-10,12-14,17-19,22,29-30H,11H2,1-3H3,(H,27,32)/t14-,17-,18-,19-,22-,37?/m1/s1. The van der Waals surface area contributed by atoms with Gasteiger partial charge in [0.1, 0.15) is 47.2 Å². The SMILES string of the molecule is CC(C)OC(=O)[C@@H](C)NP(=O)(OC[C@H]1O[C@@H](n2ccc3c(Cl)ncnc32)[C@H](O)[C@@H]1O)Oc1ccccc1.